The molecule has 0 unspecified atom stereocenters. The molecule has 1 saturated carbocycles. The van der Waals surface area contributed by atoms with Crippen LogP contribution in [0.25, 0.3) is 9.88 Å². The number of carbonyl (C=O) groups is 1. The third kappa shape index (κ3) is 3.95. The van der Waals surface area contributed by atoms with Gasteiger partial charge in [-0.05, 0) is 24.3 Å². The average molecular weight is 378 g/mol. The van der Waals surface area contributed by atoms with Crippen LogP contribution >= 0.6 is 22.7 Å². The van der Waals surface area contributed by atoms with E-state index >= 15 is 0 Å². The molecule has 2 aliphatic rings. The zero-order valence-corrected chi connectivity index (χ0v) is 15.8. The summed E-state index contributed by atoms with van der Waals surface area (Å²) in [4.78, 5) is 17.8. The van der Waals surface area contributed by atoms with Crippen molar-refractivity contribution >= 4 is 33.8 Å². The van der Waals surface area contributed by atoms with Crippen molar-refractivity contribution in [1.29, 1.82) is 0 Å². The van der Waals surface area contributed by atoms with E-state index in [2.05, 4.69) is 31.9 Å². The maximum atomic E-state index is 12.4. The van der Waals surface area contributed by atoms with Gasteiger partial charge in [-0.25, -0.2) is 4.79 Å². The second kappa shape index (κ2) is 7.70. The van der Waals surface area contributed by atoms with Gasteiger partial charge in [-0.2, -0.15) is 0 Å². The lowest BCUT2D eigenvalue weighted by molar-refractivity contribution is 0.186. The summed E-state index contributed by atoms with van der Waals surface area (Å²) in [5.74, 6) is 0. The molecule has 0 bridgehead atoms. The minimum absolute atomic E-state index is 0.100. The molecule has 3 heterocycles. The number of anilines is 1. The highest BCUT2D eigenvalue weighted by Crippen LogP contribution is 2.31. The van der Waals surface area contributed by atoms with E-state index < -0.39 is 0 Å². The van der Waals surface area contributed by atoms with Gasteiger partial charge in [0.15, 0.2) is 5.01 Å². The van der Waals surface area contributed by atoms with Gasteiger partial charge in [0.25, 0.3) is 0 Å². The summed E-state index contributed by atoms with van der Waals surface area (Å²) in [6.45, 7) is 3.12. The molecule has 6 nitrogen and oxygen atoms in total. The Morgan fingerprint density at radius 3 is 2.64 bits per heavy atom. The molecule has 1 saturated heterocycles. The van der Waals surface area contributed by atoms with Crippen molar-refractivity contribution in [3.05, 3.63) is 17.5 Å². The summed E-state index contributed by atoms with van der Waals surface area (Å²) in [7, 11) is 0. The van der Waals surface area contributed by atoms with Gasteiger partial charge in [-0.3, -0.25) is 0 Å². The number of hydrogen-bond donors (Lipinski definition) is 1. The Morgan fingerprint density at radius 2 is 1.92 bits per heavy atom. The molecule has 4 rings (SSSR count). The number of nitrogens with one attached hydrogen (secondary N) is 1. The SMILES string of the molecule is O=C(NC1CCCCC1)N1CCN(c2nnc(-c3cccs3)s2)CC1. The van der Waals surface area contributed by atoms with Crippen LogP contribution in [-0.2, 0) is 0 Å². The molecule has 2 amide bonds. The summed E-state index contributed by atoms with van der Waals surface area (Å²) in [6.07, 6.45) is 6.04. The van der Waals surface area contributed by atoms with Crippen LogP contribution in [0.15, 0.2) is 17.5 Å². The minimum atomic E-state index is 0.100. The molecular weight excluding hydrogens is 354 g/mol. The van der Waals surface area contributed by atoms with Gasteiger partial charge in [-0.15, -0.1) is 21.5 Å². The molecule has 1 aliphatic carbocycles. The number of piperazine rings is 1. The Labute approximate surface area is 155 Å². The lowest BCUT2D eigenvalue weighted by Gasteiger charge is -2.35. The van der Waals surface area contributed by atoms with Crippen molar-refractivity contribution in [3.63, 3.8) is 0 Å². The number of urea groups is 1. The molecule has 0 atom stereocenters. The van der Waals surface area contributed by atoms with Crippen LogP contribution in [0.5, 0.6) is 0 Å². The summed E-state index contributed by atoms with van der Waals surface area (Å²) in [5, 5.41) is 15.8. The molecule has 0 spiro atoms. The van der Waals surface area contributed by atoms with Gasteiger partial charge in [-0.1, -0.05) is 36.7 Å². The van der Waals surface area contributed by atoms with Crippen molar-refractivity contribution < 1.29 is 4.79 Å². The van der Waals surface area contributed by atoms with E-state index in [4.69, 9.17) is 0 Å². The van der Waals surface area contributed by atoms with Gasteiger partial charge in [0.2, 0.25) is 5.13 Å². The molecule has 0 aromatic carbocycles. The Bertz CT molecular complexity index is 688. The van der Waals surface area contributed by atoms with Crippen LogP contribution in [0.2, 0.25) is 0 Å². The average Bonchev–Trinajstić information content (AvgIpc) is 3.34. The van der Waals surface area contributed by atoms with Crippen molar-refractivity contribution in [2.24, 2.45) is 0 Å². The first-order valence-corrected chi connectivity index (χ1v) is 10.7. The van der Waals surface area contributed by atoms with Crippen molar-refractivity contribution in [3.8, 4) is 9.88 Å². The lowest BCUT2D eigenvalue weighted by atomic mass is 9.96. The first-order valence-electron chi connectivity index (χ1n) is 8.97. The van der Waals surface area contributed by atoms with Crippen LogP contribution in [0, 0.1) is 0 Å². The van der Waals surface area contributed by atoms with Gasteiger partial charge in [0.05, 0.1) is 4.88 Å². The molecule has 2 fully saturated rings. The van der Waals surface area contributed by atoms with Gasteiger partial charge < -0.3 is 15.1 Å². The highest BCUT2D eigenvalue weighted by molar-refractivity contribution is 7.22. The highest BCUT2D eigenvalue weighted by atomic mass is 32.1. The second-order valence-corrected chi connectivity index (χ2v) is 8.53. The fourth-order valence-electron chi connectivity index (χ4n) is 3.46. The molecule has 1 N–H and O–H groups in total. The third-order valence-corrected chi connectivity index (χ3v) is 6.94. The quantitative estimate of drug-likeness (QED) is 0.890. The van der Waals surface area contributed by atoms with E-state index in [1.54, 1.807) is 22.7 Å². The Morgan fingerprint density at radius 1 is 1.12 bits per heavy atom. The second-order valence-electron chi connectivity index (χ2n) is 6.63. The van der Waals surface area contributed by atoms with Crippen LogP contribution in [0.3, 0.4) is 0 Å². The Kier molecular flexibility index (Phi) is 5.17. The predicted molar refractivity (Wildman–Crippen MR) is 102 cm³/mol. The van der Waals surface area contributed by atoms with E-state index in [1.165, 1.54) is 19.3 Å². The van der Waals surface area contributed by atoms with Crippen LogP contribution in [-0.4, -0.2) is 53.3 Å². The standard InChI is InChI=1S/C17H23N5OS2/c23-16(18-13-5-2-1-3-6-13)21-8-10-22(11-9-21)17-20-19-15(25-17)14-7-4-12-24-14/h4,7,12-13H,1-3,5-6,8-11H2,(H,18,23). The number of nitrogens with zero attached hydrogens (tertiary/aromatic N) is 4. The van der Waals surface area contributed by atoms with E-state index in [9.17, 15) is 4.79 Å². The first kappa shape index (κ1) is 16.8. The minimum Gasteiger partial charge on any atom is -0.343 e. The van der Waals surface area contributed by atoms with E-state index in [-0.39, 0.29) is 6.03 Å². The van der Waals surface area contributed by atoms with E-state index in [0.29, 0.717) is 6.04 Å². The van der Waals surface area contributed by atoms with Crippen molar-refractivity contribution in [1.82, 2.24) is 20.4 Å². The summed E-state index contributed by atoms with van der Waals surface area (Å²) in [6, 6.07) is 4.58. The number of amides is 2. The molecule has 0 radical (unpaired) electrons. The molecule has 2 aromatic rings. The highest BCUT2D eigenvalue weighted by Gasteiger charge is 2.25. The van der Waals surface area contributed by atoms with Gasteiger partial charge in [0.1, 0.15) is 0 Å². The van der Waals surface area contributed by atoms with Crippen LogP contribution in [0.4, 0.5) is 9.93 Å². The van der Waals surface area contributed by atoms with Crippen LogP contribution < -0.4 is 10.2 Å². The summed E-state index contributed by atoms with van der Waals surface area (Å²) < 4.78 is 0. The lowest BCUT2D eigenvalue weighted by Crippen LogP contribution is -2.53. The maximum absolute atomic E-state index is 12.4. The molecule has 25 heavy (non-hydrogen) atoms. The monoisotopic (exact) mass is 377 g/mol. The smallest absolute Gasteiger partial charge is 0.317 e. The number of thiophene rings is 1. The summed E-state index contributed by atoms with van der Waals surface area (Å²) in [5.41, 5.74) is 0. The molecule has 1 aliphatic heterocycles. The fraction of sp³-hybridized carbons (Fsp3) is 0.588. The number of rotatable bonds is 3. The first-order chi connectivity index (χ1) is 12.3. The zero-order valence-electron chi connectivity index (χ0n) is 14.2. The molecule has 8 heteroatoms. The molecule has 134 valence electrons. The predicted octanol–water partition coefficient (Wildman–Crippen LogP) is 3.43. The molecular formula is C17H23N5OS2. The number of aromatic nitrogens is 2. The van der Waals surface area contributed by atoms with Crippen molar-refractivity contribution in [2.75, 3.05) is 31.1 Å². The van der Waals surface area contributed by atoms with E-state index in [0.717, 1.165) is 54.0 Å². The maximum Gasteiger partial charge on any atom is 0.317 e. The molecule has 2 aromatic heterocycles. The fourth-order valence-corrected chi connectivity index (χ4v) is 5.15. The number of carbonyl (C=O) groups excluding carboxylic acids is 1. The summed E-state index contributed by atoms with van der Waals surface area (Å²) >= 11 is 3.32. The third-order valence-electron chi connectivity index (χ3n) is 4.92. The zero-order chi connectivity index (χ0) is 17.1. The van der Waals surface area contributed by atoms with Crippen LogP contribution in [0.1, 0.15) is 32.1 Å². The number of hydrogen-bond acceptors (Lipinski definition) is 6. The van der Waals surface area contributed by atoms with Gasteiger partial charge in [0, 0.05) is 32.2 Å². The Balaban J connectivity index is 1.30. The van der Waals surface area contributed by atoms with Gasteiger partial charge >= 0.3 is 6.03 Å². The van der Waals surface area contributed by atoms with E-state index in [1.807, 2.05) is 11.0 Å². The normalized spacial score (nSPS) is 19.2. The topological polar surface area (TPSA) is 61.4 Å². The Hall–Kier alpha value is -1.67. The largest absolute Gasteiger partial charge is 0.343 e. The van der Waals surface area contributed by atoms with Crippen molar-refractivity contribution in [2.45, 2.75) is 38.1 Å².